The van der Waals surface area contributed by atoms with Gasteiger partial charge in [0, 0.05) is 0 Å². The zero-order chi connectivity index (χ0) is 8.27. The van der Waals surface area contributed by atoms with Gasteiger partial charge >= 0.3 is 0 Å². The molecule has 1 aliphatic carbocycles. The van der Waals surface area contributed by atoms with Gasteiger partial charge in [-0.1, -0.05) is 19.8 Å². The molecule has 0 radical (unpaired) electrons. The highest BCUT2D eigenvalue weighted by Gasteiger charge is 2.21. The highest BCUT2D eigenvalue weighted by molar-refractivity contribution is 8.00. The van der Waals surface area contributed by atoms with Gasteiger partial charge < -0.3 is 4.52 Å². The Morgan fingerprint density at radius 3 is 2.64 bits per heavy atom. The number of hydrogen-bond acceptors (Lipinski definition) is 1. The van der Waals surface area contributed by atoms with Crippen LogP contribution in [0.15, 0.2) is 0 Å². The average Bonchev–Trinajstić information content (AvgIpc) is 1.85. The van der Waals surface area contributed by atoms with Crippen molar-refractivity contribution in [1.29, 1.82) is 0 Å². The number of halogens is 2. The summed E-state index contributed by atoms with van der Waals surface area (Å²) in [6.45, 7) is 1.05. The van der Waals surface area contributed by atoms with E-state index < -0.39 is 6.85 Å². The van der Waals surface area contributed by atoms with E-state index in [1.165, 1.54) is 12.8 Å². The average molecular weight is 215 g/mol. The van der Waals surface area contributed by atoms with E-state index in [0.29, 0.717) is 6.10 Å². The van der Waals surface area contributed by atoms with Crippen LogP contribution in [0.5, 0.6) is 0 Å². The molecule has 1 fully saturated rings. The van der Waals surface area contributed by atoms with Crippen molar-refractivity contribution < 1.29 is 4.52 Å². The second-order valence-corrected chi connectivity index (χ2v) is 6.18. The normalized spacial score (nSPS) is 32.7. The van der Waals surface area contributed by atoms with Crippen molar-refractivity contribution in [1.82, 2.24) is 0 Å². The molecule has 0 spiro atoms. The summed E-state index contributed by atoms with van der Waals surface area (Å²) in [7, 11) is 0. The van der Waals surface area contributed by atoms with Gasteiger partial charge in [-0.25, -0.2) is 0 Å². The maximum Gasteiger partial charge on any atom is 0.225 e. The molecule has 1 aliphatic rings. The van der Waals surface area contributed by atoms with Crippen LogP contribution in [0.2, 0.25) is 0 Å². The molecule has 0 heterocycles. The molecule has 0 aromatic carbocycles. The van der Waals surface area contributed by atoms with E-state index in [4.69, 9.17) is 27.0 Å². The Hall–Kier alpha value is 0.970. The Labute approximate surface area is 78.8 Å². The van der Waals surface area contributed by atoms with E-state index >= 15 is 0 Å². The monoisotopic (exact) mass is 214 g/mol. The smallest absolute Gasteiger partial charge is 0.225 e. The van der Waals surface area contributed by atoms with Crippen molar-refractivity contribution in [3.05, 3.63) is 0 Å². The van der Waals surface area contributed by atoms with Crippen LogP contribution in [0, 0.1) is 5.92 Å². The van der Waals surface area contributed by atoms with Gasteiger partial charge in [0.15, 0.2) is 0 Å². The Kier molecular flexibility index (Phi) is 4.45. The third-order valence-corrected chi connectivity index (χ3v) is 3.05. The van der Waals surface area contributed by atoms with Gasteiger partial charge in [-0.05, 0) is 41.2 Å². The minimum Gasteiger partial charge on any atom is -0.328 e. The van der Waals surface area contributed by atoms with Crippen LogP contribution in [0.1, 0.15) is 32.6 Å². The van der Waals surface area contributed by atoms with Gasteiger partial charge in [0.05, 0.1) is 6.10 Å². The molecule has 2 unspecified atom stereocenters. The van der Waals surface area contributed by atoms with Crippen LogP contribution in [0.4, 0.5) is 0 Å². The predicted octanol–water partition coefficient (Wildman–Crippen LogP) is 4.29. The molecule has 66 valence electrons. The summed E-state index contributed by atoms with van der Waals surface area (Å²) in [6.07, 6.45) is 5.14. The molecular weight excluding hydrogens is 202 g/mol. The molecule has 2 atom stereocenters. The fourth-order valence-corrected chi connectivity index (χ4v) is 2.68. The maximum absolute atomic E-state index is 5.57. The molecule has 0 saturated heterocycles. The first kappa shape index (κ1) is 10.1. The quantitative estimate of drug-likeness (QED) is 0.624. The van der Waals surface area contributed by atoms with Crippen molar-refractivity contribution >= 4 is 29.3 Å². The van der Waals surface area contributed by atoms with E-state index in [0.717, 1.165) is 18.8 Å². The van der Waals surface area contributed by atoms with Gasteiger partial charge in [0.25, 0.3) is 0 Å². The number of rotatable bonds is 2. The van der Waals surface area contributed by atoms with Crippen LogP contribution in [0.25, 0.3) is 0 Å². The first-order valence-electron chi connectivity index (χ1n) is 3.97. The van der Waals surface area contributed by atoms with Crippen LogP contribution in [-0.2, 0) is 4.52 Å². The summed E-state index contributed by atoms with van der Waals surface area (Å²) in [5.74, 6) is 0.775. The highest BCUT2D eigenvalue weighted by atomic mass is 35.9. The Balaban J connectivity index is 2.23. The second kappa shape index (κ2) is 4.87. The van der Waals surface area contributed by atoms with Crippen molar-refractivity contribution in [3.63, 3.8) is 0 Å². The third-order valence-electron chi connectivity index (χ3n) is 2.12. The number of hydrogen-bond donors (Lipinski definition) is 0. The van der Waals surface area contributed by atoms with Crippen molar-refractivity contribution in [3.8, 4) is 0 Å². The minimum absolute atomic E-state index is 0.319. The highest BCUT2D eigenvalue weighted by Crippen LogP contribution is 2.50. The van der Waals surface area contributed by atoms with Crippen LogP contribution in [-0.4, -0.2) is 6.10 Å². The Bertz CT molecular complexity index is 119. The SMILES string of the molecule is CC1CCCC(OP(Cl)Cl)C1. The largest absolute Gasteiger partial charge is 0.328 e. The fourth-order valence-electron chi connectivity index (χ4n) is 1.59. The molecule has 0 N–H and O–H groups in total. The second-order valence-electron chi connectivity index (χ2n) is 3.20. The summed E-state index contributed by atoms with van der Waals surface area (Å²) in [4.78, 5) is 0. The molecule has 1 rings (SSSR count). The summed E-state index contributed by atoms with van der Waals surface area (Å²) in [5.41, 5.74) is 0. The van der Waals surface area contributed by atoms with Crippen molar-refractivity contribution in [2.45, 2.75) is 38.7 Å². The van der Waals surface area contributed by atoms with Gasteiger partial charge in [0.2, 0.25) is 6.85 Å². The lowest BCUT2D eigenvalue weighted by atomic mass is 9.89. The molecule has 11 heavy (non-hydrogen) atoms. The molecule has 0 aromatic heterocycles. The summed E-state index contributed by atoms with van der Waals surface area (Å²) >= 11 is 11.1. The lowest BCUT2D eigenvalue weighted by Gasteiger charge is -2.26. The Morgan fingerprint density at radius 1 is 1.36 bits per heavy atom. The topological polar surface area (TPSA) is 9.23 Å². The molecular formula is C7H13Cl2OP. The van der Waals surface area contributed by atoms with Gasteiger partial charge in [-0.3, -0.25) is 0 Å². The standard InChI is InChI=1S/C7H13Cl2OP/c1-6-3-2-4-7(5-6)10-11(8)9/h6-7H,2-5H2,1H3. The lowest BCUT2D eigenvalue weighted by Crippen LogP contribution is -2.18. The predicted molar refractivity (Wildman–Crippen MR) is 51.1 cm³/mol. The van der Waals surface area contributed by atoms with E-state index in [1.807, 2.05) is 0 Å². The zero-order valence-corrected chi connectivity index (χ0v) is 9.00. The van der Waals surface area contributed by atoms with Crippen LogP contribution < -0.4 is 0 Å². The van der Waals surface area contributed by atoms with Crippen molar-refractivity contribution in [2.24, 2.45) is 5.92 Å². The fraction of sp³-hybridized carbons (Fsp3) is 1.00. The summed E-state index contributed by atoms with van der Waals surface area (Å²) in [5, 5.41) is 0. The maximum atomic E-state index is 5.57. The van der Waals surface area contributed by atoms with Crippen molar-refractivity contribution in [2.75, 3.05) is 0 Å². The molecule has 0 aliphatic heterocycles. The van der Waals surface area contributed by atoms with Gasteiger partial charge in [-0.15, -0.1) is 0 Å². The minimum atomic E-state index is -1.20. The van der Waals surface area contributed by atoms with Gasteiger partial charge in [-0.2, -0.15) is 0 Å². The molecule has 0 amide bonds. The first-order chi connectivity index (χ1) is 5.18. The van der Waals surface area contributed by atoms with Crippen LogP contribution in [0.3, 0.4) is 0 Å². The van der Waals surface area contributed by atoms with E-state index in [-0.39, 0.29) is 0 Å². The van der Waals surface area contributed by atoms with Gasteiger partial charge in [0.1, 0.15) is 0 Å². The zero-order valence-electron chi connectivity index (χ0n) is 6.59. The Morgan fingerprint density at radius 2 is 2.09 bits per heavy atom. The van der Waals surface area contributed by atoms with E-state index in [1.54, 1.807) is 0 Å². The molecule has 1 nitrogen and oxygen atoms in total. The molecule has 0 bridgehead atoms. The first-order valence-corrected chi connectivity index (χ1v) is 7.04. The molecule has 4 heteroatoms. The van der Waals surface area contributed by atoms with Crippen LogP contribution >= 0.6 is 29.3 Å². The van der Waals surface area contributed by atoms with E-state index in [9.17, 15) is 0 Å². The third kappa shape index (κ3) is 3.94. The van der Waals surface area contributed by atoms with E-state index in [2.05, 4.69) is 6.92 Å². The summed E-state index contributed by atoms with van der Waals surface area (Å²) in [6, 6.07) is 0. The summed E-state index contributed by atoms with van der Waals surface area (Å²) < 4.78 is 5.36. The molecule has 0 aromatic rings. The lowest BCUT2D eigenvalue weighted by molar-refractivity contribution is 0.150. The molecule has 1 saturated carbocycles.